The van der Waals surface area contributed by atoms with Crippen LogP contribution in [0.4, 0.5) is 13.2 Å². The number of halogens is 3. The topological polar surface area (TPSA) is 12.0 Å². The minimum Gasteiger partial charge on any atom is -0.303 e. The second-order valence-corrected chi connectivity index (χ2v) is 11.2. The maximum Gasteiger partial charge on any atom is 0.417 e. The SMILES string of the molecule is Cc1cc2c(cc1-c1cc(C=C3CNCS3)ccc1C(F)(F)F)C(C)(C)CCC2(C)C. The molecule has 1 aliphatic heterocycles. The van der Waals surface area contributed by atoms with Crippen molar-refractivity contribution in [3.63, 3.8) is 0 Å². The lowest BCUT2D eigenvalue weighted by Gasteiger charge is -2.42. The van der Waals surface area contributed by atoms with Crippen LogP contribution in [0.1, 0.15) is 68.4 Å². The van der Waals surface area contributed by atoms with Crippen LogP contribution >= 0.6 is 11.8 Å². The van der Waals surface area contributed by atoms with Crippen LogP contribution in [-0.2, 0) is 17.0 Å². The Morgan fingerprint density at radius 3 is 2.16 bits per heavy atom. The van der Waals surface area contributed by atoms with Gasteiger partial charge in [0.1, 0.15) is 0 Å². The molecule has 1 fully saturated rings. The van der Waals surface area contributed by atoms with Crippen molar-refractivity contribution in [2.75, 3.05) is 12.4 Å². The standard InChI is InChI=1S/C26H30F3NS/c1-16-10-22-23(25(4,5)9-8-24(22,2)3)13-19(16)20-12-17(11-18-14-30-15-31-18)6-7-21(20)26(27,28)29/h6-7,10-13,30H,8-9,14-15H2,1-5H3. The molecule has 4 rings (SSSR count). The van der Waals surface area contributed by atoms with Crippen LogP contribution in [0.5, 0.6) is 0 Å². The highest BCUT2D eigenvalue weighted by molar-refractivity contribution is 8.03. The van der Waals surface area contributed by atoms with Crippen LogP contribution in [0.2, 0.25) is 0 Å². The van der Waals surface area contributed by atoms with Gasteiger partial charge < -0.3 is 5.32 Å². The minimum atomic E-state index is -4.40. The molecule has 1 aliphatic carbocycles. The maximum atomic E-state index is 14.0. The van der Waals surface area contributed by atoms with Crippen LogP contribution in [0.15, 0.2) is 35.2 Å². The number of alkyl halides is 3. The molecule has 0 amide bonds. The van der Waals surface area contributed by atoms with E-state index in [1.807, 2.05) is 19.1 Å². The smallest absolute Gasteiger partial charge is 0.303 e. The molecule has 2 aliphatic rings. The summed E-state index contributed by atoms with van der Waals surface area (Å²) in [5.41, 5.74) is 4.52. The van der Waals surface area contributed by atoms with Crippen molar-refractivity contribution in [1.29, 1.82) is 0 Å². The molecule has 0 atom stereocenters. The van der Waals surface area contributed by atoms with Crippen LogP contribution in [0, 0.1) is 6.92 Å². The van der Waals surface area contributed by atoms with Crippen molar-refractivity contribution in [3.8, 4) is 11.1 Å². The highest BCUT2D eigenvalue weighted by atomic mass is 32.2. The highest BCUT2D eigenvalue weighted by Crippen LogP contribution is 2.49. The van der Waals surface area contributed by atoms with Gasteiger partial charge in [0, 0.05) is 17.3 Å². The van der Waals surface area contributed by atoms with Gasteiger partial charge in [0.15, 0.2) is 0 Å². The van der Waals surface area contributed by atoms with Crippen molar-refractivity contribution in [2.45, 2.75) is 64.5 Å². The number of aryl methyl sites for hydroxylation is 1. The second kappa shape index (κ2) is 7.70. The monoisotopic (exact) mass is 445 g/mol. The zero-order valence-electron chi connectivity index (χ0n) is 18.8. The molecule has 1 heterocycles. The number of nitrogens with one attached hydrogen (secondary N) is 1. The van der Waals surface area contributed by atoms with E-state index in [0.717, 1.165) is 41.3 Å². The van der Waals surface area contributed by atoms with Gasteiger partial charge in [-0.3, -0.25) is 0 Å². The van der Waals surface area contributed by atoms with Crippen molar-refractivity contribution in [2.24, 2.45) is 0 Å². The summed E-state index contributed by atoms with van der Waals surface area (Å²) in [7, 11) is 0. The average Bonchev–Trinajstić information content (AvgIpc) is 3.17. The van der Waals surface area contributed by atoms with E-state index in [1.54, 1.807) is 23.9 Å². The van der Waals surface area contributed by atoms with Crippen LogP contribution in [0.25, 0.3) is 17.2 Å². The van der Waals surface area contributed by atoms with Crippen LogP contribution in [-0.4, -0.2) is 12.4 Å². The fourth-order valence-electron chi connectivity index (χ4n) is 4.78. The van der Waals surface area contributed by atoms with Gasteiger partial charge >= 0.3 is 6.18 Å². The zero-order valence-corrected chi connectivity index (χ0v) is 19.7. The summed E-state index contributed by atoms with van der Waals surface area (Å²) in [6, 6.07) is 8.71. The molecule has 166 valence electrons. The molecule has 0 radical (unpaired) electrons. The number of hydrogen-bond donors (Lipinski definition) is 1. The maximum absolute atomic E-state index is 14.0. The fourth-order valence-corrected chi connectivity index (χ4v) is 5.59. The minimum absolute atomic E-state index is 0.0277. The Labute approximate surface area is 187 Å². The number of hydrogen-bond acceptors (Lipinski definition) is 2. The molecule has 2 aromatic carbocycles. The summed E-state index contributed by atoms with van der Waals surface area (Å²) in [5.74, 6) is 0.841. The lowest BCUT2D eigenvalue weighted by Crippen LogP contribution is -2.34. The van der Waals surface area contributed by atoms with Gasteiger partial charge in [-0.2, -0.15) is 13.2 Å². The molecule has 0 unspecified atom stereocenters. The number of rotatable bonds is 2. The molecular weight excluding hydrogens is 415 g/mol. The second-order valence-electron chi connectivity index (χ2n) is 10.1. The molecule has 1 saturated heterocycles. The van der Waals surface area contributed by atoms with Crippen molar-refractivity contribution < 1.29 is 13.2 Å². The first-order chi connectivity index (χ1) is 14.4. The molecule has 1 nitrogen and oxygen atoms in total. The van der Waals surface area contributed by atoms with E-state index < -0.39 is 11.7 Å². The number of fused-ring (bicyclic) bond motifs is 1. The molecule has 31 heavy (non-hydrogen) atoms. The Bertz CT molecular complexity index is 1040. The van der Waals surface area contributed by atoms with Gasteiger partial charge in [-0.1, -0.05) is 45.9 Å². The lowest BCUT2D eigenvalue weighted by molar-refractivity contribution is -0.137. The third-order valence-corrected chi connectivity index (χ3v) is 7.80. The van der Waals surface area contributed by atoms with E-state index in [1.165, 1.54) is 17.2 Å². The van der Waals surface area contributed by atoms with E-state index in [0.29, 0.717) is 5.56 Å². The average molecular weight is 446 g/mol. The third-order valence-electron chi connectivity index (χ3n) is 6.82. The Hall–Kier alpha value is -1.72. The van der Waals surface area contributed by atoms with Gasteiger partial charge in [-0.15, -0.1) is 11.8 Å². The Kier molecular flexibility index (Phi) is 5.58. The van der Waals surface area contributed by atoms with Crippen molar-refractivity contribution in [1.82, 2.24) is 5.32 Å². The summed E-state index contributed by atoms with van der Waals surface area (Å²) in [4.78, 5) is 1.15. The van der Waals surface area contributed by atoms with Crippen molar-refractivity contribution >= 4 is 17.8 Å². The molecule has 0 aromatic heterocycles. The molecular formula is C26H30F3NS. The van der Waals surface area contributed by atoms with Crippen LogP contribution in [0.3, 0.4) is 0 Å². The Balaban J connectivity index is 1.93. The van der Waals surface area contributed by atoms with E-state index >= 15 is 0 Å². The lowest BCUT2D eigenvalue weighted by atomic mass is 9.62. The van der Waals surface area contributed by atoms with E-state index in [4.69, 9.17) is 0 Å². The normalized spacial score (nSPS) is 21.4. The van der Waals surface area contributed by atoms with Gasteiger partial charge in [0.05, 0.1) is 5.56 Å². The zero-order chi connectivity index (χ0) is 22.6. The first-order valence-corrected chi connectivity index (χ1v) is 11.8. The largest absolute Gasteiger partial charge is 0.417 e. The Morgan fingerprint density at radius 1 is 0.935 bits per heavy atom. The number of benzene rings is 2. The first-order valence-electron chi connectivity index (χ1n) is 10.8. The predicted molar refractivity (Wildman–Crippen MR) is 125 cm³/mol. The van der Waals surface area contributed by atoms with Crippen molar-refractivity contribution in [3.05, 3.63) is 63.1 Å². The summed E-state index contributed by atoms with van der Waals surface area (Å²) in [6.07, 6.45) is -0.302. The predicted octanol–water partition coefficient (Wildman–Crippen LogP) is 7.66. The molecule has 0 spiro atoms. The summed E-state index contributed by atoms with van der Waals surface area (Å²) >= 11 is 1.70. The van der Waals surface area contributed by atoms with E-state index in [2.05, 4.69) is 39.1 Å². The van der Waals surface area contributed by atoms with Gasteiger partial charge in [-0.25, -0.2) is 0 Å². The molecule has 5 heteroatoms. The van der Waals surface area contributed by atoms with Crippen LogP contribution < -0.4 is 5.32 Å². The van der Waals surface area contributed by atoms with Gasteiger partial charge in [0.2, 0.25) is 0 Å². The summed E-state index contributed by atoms with van der Waals surface area (Å²) in [5, 5.41) is 3.25. The van der Waals surface area contributed by atoms with Gasteiger partial charge in [-0.05, 0) is 82.2 Å². The molecule has 0 saturated carbocycles. The first kappa shape index (κ1) is 22.5. The Morgan fingerprint density at radius 2 is 1.58 bits per heavy atom. The molecule has 0 bridgehead atoms. The van der Waals surface area contributed by atoms with E-state index in [-0.39, 0.29) is 16.4 Å². The quantitative estimate of drug-likeness (QED) is 0.509. The molecule has 2 aromatic rings. The van der Waals surface area contributed by atoms with Gasteiger partial charge in [0.25, 0.3) is 0 Å². The number of thioether (sulfide) groups is 1. The van der Waals surface area contributed by atoms with E-state index in [9.17, 15) is 13.2 Å². The summed E-state index contributed by atoms with van der Waals surface area (Å²) in [6.45, 7) is 11.6. The summed E-state index contributed by atoms with van der Waals surface area (Å²) < 4.78 is 42.0. The fraction of sp³-hybridized carbons (Fsp3) is 0.462. The highest BCUT2D eigenvalue weighted by Gasteiger charge is 2.39. The third kappa shape index (κ3) is 4.31. The molecule has 1 N–H and O–H groups in total.